The number of fused-ring (bicyclic) bond motifs is 1. The number of halogens is 3. The van der Waals surface area contributed by atoms with Crippen molar-refractivity contribution in [2.24, 2.45) is 0 Å². The summed E-state index contributed by atoms with van der Waals surface area (Å²) in [6, 6.07) is 5.56. The largest absolute Gasteiger partial charge is 0.492 e. The normalized spacial score (nSPS) is 17.0. The fourth-order valence-electron chi connectivity index (χ4n) is 2.42. The molecule has 0 saturated carbocycles. The number of ether oxygens (including phenoxy) is 1. The Morgan fingerprint density at radius 1 is 1.24 bits per heavy atom. The highest BCUT2D eigenvalue weighted by molar-refractivity contribution is 6.35. The monoisotopic (exact) mass is 342 g/mol. The van der Waals surface area contributed by atoms with Gasteiger partial charge in [-0.05, 0) is 30.7 Å². The van der Waals surface area contributed by atoms with Crippen molar-refractivity contribution in [3.63, 3.8) is 0 Å². The second-order valence-corrected chi connectivity index (χ2v) is 6.19. The number of aryl methyl sites for hydroxylation is 1. The quantitative estimate of drug-likeness (QED) is 0.753. The Bertz CT molecular complexity index is 691. The molecule has 1 aliphatic rings. The second-order valence-electron chi connectivity index (χ2n) is 4.99. The number of rotatable bonds is 2. The maximum Gasteiger partial charge on any atom is 0.152 e. The van der Waals surface area contributed by atoms with Gasteiger partial charge in [0.05, 0.1) is 23.4 Å². The van der Waals surface area contributed by atoms with Crippen molar-refractivity contribution in [2.45, 2.75) is 19.4 Å². The first-order valence-corrected chi connectivity index (χ1v) is 7.68. The molecular weight excluding hydrogens is 331 g/mol. The minimum absolute atomic E-state index is 0.0334. The van der Waals surface area contributed by atoms with Crippen LogP contribution < -0.4 is 10.1 Å². The van der Waals surface area contributed by atoms with E-state index in [-0.39, 0.29) is 6.04 Å². The molecule has 6 heteroatoms. The summed E-state index contributed by atoms with van der Waals surface area (Å²) in [5.74, 6) is 0.682. The van der Waals surface area contributed by atoms with Gasteiger partial charge in [0.25, 0.3) is 0 Å². The van der Waals surface area contributed by atoms with E-state index in [4.69, 9.17) is 39.5 Å². The first kappa shape index (κ1) is 14.8. The van der Waals surface area contributed by atoms with Gasteiger partial charge in [-0.3, -0.25) is 0 Å². The number of hydrogen-bond acceptors (Lipinski definition) is 3. The van der Waals surface area contributed by atoms with E-state index in [0.29, 0.717) is 27.6 Å². The molecule has 0 spiro atoms. The Balaban J connectivity index is 1.97. The molecule has 3 nitrogen and oxygen atoms in total. The van der Waals surface area contributed by atoms with Crippen molar-refractivity contribution in [1.29, 1.82) is 0 Å². The number of nitrogens with zero attached hydrogens (tertiary/aromatic N) is 1. The Kier molecular flexibility index (Phi) is 4.16. The van der Waals surface area contributed by atoms with E-state index >= 15 is 0 Å². The summed E-state index contributed by atoms with van der Waals surface area (Å²) in [6.07, 6.45) is 2.53. The highest BCUT2D eigenvalue weighted by Gasteiger charge is 2.25. The van der Waals surface area contributed by atoms with Crippen molar-refractivity contribution in [3.8, 4) is 5.75 Å². The molecule has 1 atom stereocenters. The number of anilines is 1. The summed E-state index contributed by atoms with van der Waals surface area (Å²) in [7, 11) is 0. The predicted octanol–water partition coefficient (Wildman–Crippen LogP) is 5.29. The fourth-order valence-corrected chi connectivity index (χ4v) is 3.14. The molecule has 0 saturated heterocycles. The van der Waals surface area contributed by atoms with Crippen molar-refractivity contribution in [1.82, 2.24) is 4.98 Å². The molecule has 1 aliphatic heterocycles. The van der Waals surface area contributed by atoms with E-state index in [2.05, 4.69) is 10.3 Å². The van der Waals surface area contributed by atoms with Crippen molar-refractivity contribution >= 4 is 40.5 Å². The SMILES string of the molecule is Cc1cnc(Cl)c(NC2CCOc3c(Cl)cc(Cl)cc32)c1. The van der Waals surface area contributed by atoms with E-state index in [1.807, 2.05) is 19.1 Å². The van der Waals surface area contributed by atoms with E-state index in [1.165, 1.54) is 0 Å². The van der Waals surface area contributed by atoms with Crippen LogP contribution in [0, 0.1) is 6.92 Å². The predicted molar refractivity (Wildman–Crippen MR) is 86.9 cm³/mol. The number of nitrogens with one attached hydrogen (secondary N) is 1. The van der Waals surface area contributed by atoms with E-state index in [1.54, 1.807) is 12.3 Å². The summed E-state index contributed by atoms with van der Waals surface area (Å²) in [5.41, 5.74) is 2.78. The minimum atomic E-state index is 0.0334. The van der Waals surface area contributed by atoms with Crippen LogP contribution in [-0.4, -0.2) is 11.6 Å². The van der Waals surface area contributed by atoms with Crippen LogP contribution in [0.4, 0.5) is 5.69 Å². The molecule has 110 valence electrons. The van der Waals surface area contributed by atoms with Gasteiger partial charge in [0, 0.05) is 23.2 Å². The van der Waals surface area contributed by atoms with Crippen LogP contribution in [0.2, 0.25) is 15.2 Å². The zero-order chi connectivity index (χ0) is 15.0. The van der Waals surface area contributed by atoms with Gasteiger partial charge in [0.15, 0.2) is 5.15 Å². The van der Waals surface area contributed by atoms with Gasteiger partial charge in [0.1, 0.15) is 5.75 Å². The number of hydrogen-bond donors (Lipinski definition) is 1. The summed E-state index contributed by atoms with van der Waals surface area (Å²) in [4.78, 5) is 4.15. The lowest BCUT2D eigenvalue weighted by Crippen LogP contribution is -2.21. The van der Waals surface area contributed by atoms with Gasteiger partial charge in [-0.1, -0.05) is 34.8 Å². The molecule has 0 amide bonds. The Morgan fingerprint density at radius 3 is 2.86 bits per heavy atom. The van der Waals surface area contributed by atoms with Gasteiger partial charge in [-0.15, -0.1) is 0 Å². The summed E-state index contributed by atoms with van der Waals surface area (Å²) < 4.78 is 5.65. The molecule has 1 unspecified atom stereocenters. The molecular formula is C15H13Cl3N2O. The van der Waals surface area contributed by atoms with Crippen LogP contribution in [-0.2, 0) is 0 Å². The van der Waals surface area contributed by atoms with Gasteiger partial charge < -0.3 is 10.1 Å². The second kappa shape index (κ2) is 5.91. The molecule has 0 aliphatic carbocycles. The summed E-state index contributed by atoms with van der Waals surface area (Å²) >= 11 is 18.4. The van der Waals surface area contributed by atoms with Crippen LogP contribution in [0.25, 0.3) is 0 Å². The average Bonchev–Trinajstić information content (AvgIpc) is 2.43. The first-order chi connectivity index (χ1) is 10.0. The smallest absolute Gasteiger partial charge is 0.152 e. The molecule has 1 aromatic carbocycles. The van der Waals surface area contributed by atoms with Crippen molar-refractivity contribution in [3.05, 3.63) is 50.7 Å². The Labute approximate surface area is 138 Å². The lowest BCUT2D eigenvalue weighted by atomic mass is 10.00. The van der Waals surface area contributed by atoms with Crippen LogP contribution in [0.1, 0.15) is 23.6 Å². The van der Waals surface area contributed by atoms with E-state index in [0.717, 1.165) is 23.2 Å². The van der Waals surface area contributed by atoms with Gasteiger partial charge in [-0.25, -0.2) is 4.98 Å². The van der Waals surface area contributed by atoms with Crippen LogP contribution in [0.5, 0.6) is 5.75 Å². The van der Waals surface area contributed by atoms with Crippen molar-refractivity contribution < 1.29 is 4.74 Å². The molecule has 3 rings (SSSR count). The Hall–Kier alpha value is -1.16. The van der Waals surface area contributed by atoms with Gasteiger partial charge in [-0.2, -0.15) is 0 Å². The van der Waals surface area contributed by atoms with E-state index in [9.17, 15) is 0 Å². The summed E-state index contributed by atoms with van der Waals surface area (Å²) in [5, 5.41) is 4.97. The standard InChI is InChI=1S/C15H13Cl3N2O/c1-8-4-13(15(18)19-7-8)20-12-2-3-21-14-10(12)5-9(16)6-11(14)17/h4-7,12,20H,2-3H2,1H3. The third kappa shape index (κ3) is 3.05. The molecule has 2 heterocycles. The van der Waals surface area contributed by atoms with Gasteiger partial charge >= 0.3 is 0 Å². The lowest BCUT2D eigenvalue weighted by molar-refractivity contribution is 0.274. The number of pyridine rings is 1. The van der Waals surface area contributed by atoms with Crippen LogP contribution in [0.3, 0.4) is 0 Å². The molecule has 0 fully saturated rings. The average molecular weight is 344 g/mol. The van der Waals surface area contributed by atoms with Crippen molar-refractivity contribution in [2.75, 3.05) is 11.9 Å². The maximum absolute atomic E-state index is 6.20. The molecule has 0 bridgehead atoms. The van der Waals surface area contributed by atoms with Crippen LogP contribution >= 0.6 is 34.8 Å². The first-order valence-electron chi connectivity index (χ1n) is 6.55. The molecule has 2 aromatic rings. The van der Waals surface area contributed by atoms with Gasteiger partial charge in [0.2, 0.25) is 0 Å². The Morgan fingerprint density at radius 2 is 2.05 bits per heavy atom. The molecule has 0 radical (unpaired) electrons. The van der Waals surface area contributed by atoms with E-state index < -0.39 is 0 Å². The number of aromatic nitrogens is 1. The third-order valence-electron chi connectivity index (χ3n) is 3.37. The number of benzene rings is 1. The highest BCUT2D eigenvalue weighted by Crippen LogP contribution is 2.41. The third-order valence-corrected chi connectivity index (χ3v) is 4.17. The fraction of sp³-hybridized carbons (Fsp3) is 0.267. The lowest BCUT2D eigenvalue weighted by Gasteiger charge is -2.28. The maximum atomic E-state index is 6.20. The minimum Gasteiger partial charge on any atom is -0.492 e. The summed E-state index contributed by atoms with van der Waals surface area (Å²) in [6.45, 7) is 2.56. The molecule has 1 N–H and O–H groups in total. The topological polar surface area (TPSA) is 34.2 Å². The zero-order valence-corrected chi connectivity index (χ0v) is 13.6. The molecule has 21 heavy (non-hydrogen) atoms. The molecule has 1 aromatic heterocycles. The van der Waals surface area contributed by atoms with Crippen LogP contribution in [0.15, 0.2) is 24.4 Å². The zero-order valence-electron chi connectivity index (χ0n) is 11.3. The highest BCUT2D eigenvalue weighted by atomic mass is 35.5.